The van der Waals surface area contributed by atoms with Crippen LogP contribution in [0, 0.1) is 18.8 Å². The topological polar surface area (TPSA) is 69.7 Å². The van der Waals surface area contributed by atoms with Crippen LogP contribution in [0.5, 0.6) is 0 Å². The van der Waals surface area contributed by atoms with Crippen LogP contribution in [0.1, 0.15) is 51.5 Å². The average molecular weight is 400 g/mol. The van der Waals surface area contributed by atoms with Crippen LogP contribution in [0.2, 0.25) is 0 Å². The Morgan fingerprint density at radius 2 is 1.79 bits per heavy atom. The van der Waals surface area contributed by atoms with Crippen molar-refractivity contribution in [3.63, 3.8) is 0 Å². The Labute approximate surface area is 173 Å². The molecule has 3 rings (SSSR count). The SMILES string of the molecule is CCC[C@@H](C)NC(=O)C1CCN(C(=O)[C@@H]2CC(=O)N(c3ccc(C)cc3)C2)CC1. The summed E-state index contributed by atoms with van der Waals surface area (Å²) < 4.78 is 0. The molecule has 0 saturated carbocycles. The molecule has 158 valence electrons. The van der Waals surface area contributed by atoms with E-state index in [9.17, 15) is 14.4 Å². The van der Waals surface area contributed by atoms with Gasteiger partial charge in [-0.05, 0) is 45.2 Å². The number of anilines is 1. The van der Waals surface area contributed by atoms with Crippen molar-refractivity contribution in [1.29, 1.82) is 0 Å². The zero-order valence-electron chi connectivity index (χ0n) is 17.8. The van der Waals surface area contributed by atoms with Crippen LogP contribution in [0.25, 0.3) is 0 Å². The maximum atomic E-state index is 13.0. The smallest absolute Gasteiger partial charge is 0.228 e. The van der Waals surface area contributed by atoms with Crippen LogP contribution in [0.3, 0.4) is 0 Å². The minimum Gasteiger partial charge on any atom is -0.353 e. The second-order valence-electron chi connectivity index (χ2n) is 8.54. The molecule has 2 heterocycles. The molecule has 0 unspecified atom stereocenters. The Bertz CT molecular complexity index is 738. The second-order valence-corrected chi connectivity index (χ2v) is 8.54. The molecule has 2 aliphatic rings. The molecule has 2 aliphatic heterocycles. The van der Waals surface area contributed by atoms with E-state index in [1.807, 2.05) is 43.0 Å². The lowest BCUT2D eigenvalue weighted by Gasteiger charge is -2.33. The number of amides is 3. The van der Waals surface area contributed by atoms with Crippen molar-refractivity contribution in [2.45, 2.75) is 58.9 Å². The van der Waals surface area contributed by atoms with Crippen molar-refractivity contribution < 1.29 is 14.4 Å². The number of carbonyl (C=O) groups is 3. The summed E-state index contributed by atoms with van der Waals surface area (Å²) in [7, 11) is 0. The molecule has 0 bridgehead atoms. The Kier molecular flexibility index (Phi) is 6.93. The van der Waals surface area contributed by atoms with Gasteiger partial charge in [0.25, 0.3) is 0 Å². The third-order valence-electron chi connectivity index (χ3n) is 6.11. The van der Waals surface area contributed by atoms with Crippen molar-refractivity contribution in [3.05, 3.63) is 29.8 Å². The van der Waals surface area contributed by atoms with Gasteiger partial charge in [0, 0.05) is 43.7 Å². The summed E-state index contributed by atoms with van der Waals surface area (Å²) in [4.78, 5) is 41.4. The Morgan fingerprint density at radius 3 is 2.41 bits per heavy atom. The molecule has 1 aromatic carbocycles. The van der Waals surface area contributed by atoms with Gasteiger partial charge in [-0.15, -0.1) is 0 Å². The summed E-state index contributed by atoms with van der Waals surface area (Å²) in [5.74, 6) is -0.149. The lowest BCUT2D eigenvalue weighted by atomic mass is 9.94. The highest BCUT2D eigenvalue weighted by molar-refractivity contribution is 6.00. The number of likely N-dealkylation sites (tertiary alicyclic amines) is 1. The van der Waals surface area contributed by atoms with E-state index < -0.39 is 0 Å². The standard InChI is InChI=1S/C23H33N3O3/c1-4-5-17(3)24-22(28)18-10-12-25(13-11-18)23(29)19-14-21(27)26(15-19)20-8-6-16(2)7-9-20/h6-9,17-19H,4-5,10-15H2,1-3H3,(H,24,28)/t17-,19-/m1/s1. The van der Waals surface area contributed by atoms with E-state index in [0.29, 0.717) is 32.5 Å². The first-order valence-corrected chi connectivity index (χ1v) is 10.8. The highest BCUT2D eigenvalue weighted by Crippen LogP contribution is 2.28. The number of hydrogen-bond acceptors (Lipinski definition) is 3. The van der Waals surface area contributed by atoms with E-state index in [0.717, 1.165) is 24.1 Å². The molecule has 6 nitrogen and oxygen atoms in total. The first-order chi connectivity index (χ1) is 13.9. The summed E-state index contributed by atoms with van der Waals surface area (Å²) >= 11 is 0. The molecule has 1 N–H and O–H groups in total. The maximum absolute atomic E-state index is 13.0. The molecule has 0 spiro atoms. The van der Waals surface area contributed by atoms with Gasteiger partial charge in [0.1, 0.15) is 0 Å². The van der Waals surface area contributed by atoms with Gasteiger partial charge in [-0.2, -0.15) is 0 Å². The number of aryl methyl sites for hydroxylation is 1. The van der Waals surface area contributed by atoms with Crippen LogP contribution in [0.4, 0.5) is 5.69 Å². The van der Waals surface area contributed by atoms with Gasteiger partial charge >= 0.3 is 0 Å². The van der Waals surface area contributed by atoms with Crippen molar-refractivity contribution >= 4 is 23.4 Å². The molecule has 29 heavy (non-hydrogen) atoms. The quantitative estimate of drug-likeness (QED) is 0.800. The molecule has 2 atom stereocenters. The Balaban J connectivity index is 1.51. The number of carbonyl (C=O) groups excluding carboxylic acids is 3. The number of piperidine rings is 1. The van der Waals surface area contributed by atoms with Crippen molar-refractivity contribution in [3.8, 4) is 0 Å². The van der Waals surface area contributed by atoms with Crippen molar-refractivity contribution in [1.82, 2.24) is 10.2 Å². The number of nitrogens with one attached hydrogen (secondary N) is 1. The normalized spacial score (nSPS) is 21.3. The number of hydrogen-bond donors (Lipinski definition) is 1. The molecular formula is C23H33N3O3. The van der Waals surface area contributed by atoms with Gasteiger partial charge in [0.2, 0.25) is 17.7 Å². The Hall–Kier alpha value is -2.37. The van der Waals surface area contributed by atoms with Gasteiger partial charge in [0.05, 0.1) is 5.92 Å². The fraction of sp³-hybridized carbons (Fsp3) is 0.609. The maximum Gasteiger partial charge on any atom is 0.228 e. The Morgan fingerprint density at radius 1 is 1.14 bits per heavy atom. The van der Waals surface area contributed by atoms with Crippen LogP contribution in [-0.2, 0) is 14.4 Å². The van der Waals surface area contributed by atoms with Gasteiger partial charge in [0.15, 0.2) is 0 Å². The molecule has 2 saturated heterocycles. The molecule has 1 aromatic rings. The lowest BCUT2D eigenvalue weighted by molar-refractivity contribution is -0.139. The third kappa shape index (κ3) is 5.17. The lowest BCUT2D eigenvalue weighted by Crippen LogP contribution is -2.46. The first-order valence-electron chi connectivity index (χ1n) is 10.8. The minimum absolute atomic E-state index is 0.00591. The molecule has 2 fully saturated rings. The molecule has 3 amide bonds. The third-order valence-corrected chi connectivity index (χ3v) is 6.11. The monoisotopic (exact) mass is 399 g/mol. The van der Waals surface area contributed by atoms with E-state index >= 15 is 0 Å². The molecule has 0 radical (unpaired) electrons. The fourth-order valence-corrected chi connectivity index (χ4v) is 4.33. The van der Waals surface area contributed by atoms with E-state index in [2.05, 4.69) is 12.2 Å². The summed E-state index contributed by atoms with van der Waals surface area (Å²) in [6.07, 6.45) is 3.68. The average Bonchev–Trinajstić information content (AvgIpc) is 3.10. The molecular weight excluding hydrogens is 366 g/mol. The molecule has 0 aliphatic carbocycles. The summed E-state index contributed by atoms with van der Waals surface area (Å²) in [6.45, 7) is 7.78. The van der Waals surface area contributed by atoms with Crippen LogP contribution in [-0.4, -0.2) is 48.3 Å². The van der Waals surface area contributed by atoms with Crippen LogP contribution >= 0.6 is 0 Å². The van der Waals surface area contributed by atoms with Crippen LogP contribution in [0.15, 0.2) is 24.3 Å². The molecule has 6 heteroatoms. The highest BCUT2D eigenvalue weighted by atomic mass is 16.2. The van der Waals surface area contributed by atoms with Crippen LogP contribution < -0.4 is 10.2 Å². The first kappa shape index (κ1) is 21.3. The zero-order valence-corrected chi connectivity index (χ0v) is 17.8. The number of rotatable bonds is 6. The van der Waals surface area contributed by atoms with Gasteiger partial charge in [-0.25, -0.2) is 0 Å². The largest absolute Gasteiger partial charge is 0.353 e. The summed E-state index contributed by atoms with van der Waals surface area (Å²) in [6, 6.07) is 8.03. The predicted octanol–water partition coefficient (Wildman–Crippen LogP) is 2.89. The number of nitrogens with zero attached hydrogens (tertiary/aromatic N) is 2. The summed E-state index contributed by atoms with van der Waals surface area (Å²) in [5, 5.41) is 3.09. The van der Waals surface area contributed by atoms with E-state index in [1.54, 1.807) is 4.90 Å². The molecule has 0 aromatic heterocycles. The second kappa shape index (κ2) is 9.42. The van der Waals surface area contributed by atoms with E-state index in [-0.39, 0.29) is 42.0 Å². The highest BCUT2D eigenvalue weighted by Gasteiger charge is 2.38. The van der Waals surface area contributed by atoms with Crippen molar-refractivity contribution in [2.24, 2.45) is 11.8 Å². The summed E-state index contributed by atoms with van der Waals surface area (Å²) in [5.41, 5.74) is 2.00. The van der Waals surface area contributed by atoms with E-state index in [1.165, 1.54) is 0 Å². The van der Waals surface area contributed by atoms with Crippen molar-refractivity contribution in [2.75, 3.05) is 24.5 Å². The number of benzene rings is 1. The van der Waals surface area contributed by atoms with Gasteiger partial charge in [-0.3, -0.25) is 14.4 Å². The predicted molar refractivity (Wildman–Crippen MR) is 113 cm³/mol. The van der Waals surface area contributed by atoms with E-state index in [4.69, 9.17) is 0 Å². The van der Waals surface area contributed by atoms with Gasteiger partial charge < -0.3 is 15.1 Å². The zero-order chi connectivity index (χ0) is 21.0. The van der Waals surface area contributed by atoms with Gasteiger partial charge in [-0.1, -0.05) is 31.0 Å². The fourth-order valence-electron chi connectivity index (χ4n) is 4.33. The minimum atomic E-state index is -0.293.